The Bertz CT molecular complexity index is 216. The van der Waals surface area contributed by atoms with Crippen LogP contribution in [0.2, 0.25) is 5.54 Å². The number of carbonyl (C=O) groups is 1. The predicted molar refractivity (Wildman–Crippen MR) is 69.2 cm³/mol. The van der Waals surface area contributed by atoms with Gasteiger partial charge in [-0.2, -0.15) is 0 Å². The first-order valence-electron chi connectivity index (χ1n) is 5.93. The van der Waals surface area contributed by atoms with Gasteiger partial charge in [0.1, 0.15) is 0 Å². The van der Waals surface area contributed by atoms with Gasteiger partial charge in [-0.3, -0.25) is 0 Å². The van der Waals surface area contributed by atoms with Gasteiger partial charge in [-0.15, -0.1) is 0 Å². The van der Waals surface area contributed by atoms with Gasteiger partial charge in [-0.25, -0.2) is 4.79 Å². The second kappa shape index (κ2) is 9.60. The predicted octanol–water partition coefficient (Wildman–Crippen LogP) is 2.20. The molecule has 0 aromatic carbocycles. The molecule has 4 heteroatoms. The number of rotatable bonds is 9. The van der Waals surface area contributed by atoms with E-state index < -0.39 is 9.76 Å². The van der Waals surface area contributed by atoms with Crippen LogP contribution in [0.25, 0.3) is 0 Å². The Hall–Kier alpha value is -0.613. The average molecular weight is 244 g/mol. The van der Waals surface area contributed by atoms with Crippen molar-refractivity contribution < 1.29 is 14.0 Å². The van der Waals surface area contributed by atoms with Crippen molar-refractivity contribution in [2.24, 2.45) is 0 Å². The van der Waals surface area contributed by atoms with Gasteiger partial charge in [-0.1, -0.05) is 32.8 Å². The summed E-state index contributed by atoms with van der Waals surface area (Å²) in [5.41, 5.74) is 1.09. The van der Waals surface area contributed by atoms with Crippen molar-refractivity contribution in [3.05, 3.63) is 12.2 Å². The topological polar surface area (TPSA) is 35.5 Å². The van der Waals surface area contributed by atoms with Crippen molar-refractivity contribution >= 4 is 15.7 Å². The van der Waals surface area contributed by atoms with Crippen LogP contribution in [-0.4, -0.2) is 29.4 Å². The summed E-state index contributed by atoms with van der Waals surface area (Å²) >= 11 is 0. The lowest BCUT2D eigenvalue weighted by Crippen LogP contribution is -2.12. The fraction of sp³-hybridized carbons (Fsp3) is 0.750. The molecule has 0 amide bonds. The first kappa shape index (κ1) is 15.4. The molecule has 0 aromatic rings. The summed E-state index contributed by atoms with van der Waals surface area (Å²) in [7, 11) is 1.31. The zero-order valence-electron chi connectivity index (χ0n) is 10.8. The van der Waals surface area contributed by atoms with Gasteiger partial charge < -0.3 is 9.16 Å². The molecule has 1 atom stereocenters. The largest absolute Gasteiger partial charge is 0.462 e. The summed E-state index contributed by atoms with van der Waals surface area (Å²) in [6, 6.07) is 0. The smallest absolute Gasteiger partial charge is 0.333 e. The average Bonchev–Trinajstić information content (AvgIpc) is 2.25. The lowest BCUT2D eigenvalue weighted by atomic mass is 10.1. The van der Waals surface area contributed by atoms with E-state index in [0.717, 1.165) is 6.42 Å². The molecule has 0 N–H and O–H groups in total. The van der Waals surface area contributed by atoms with Gasteiger partial charge in [0.15, 0.2) is 9.76 Å². The van der Waals surface area contributed by atoms with Crippen LogP contribution in [0.1, 0.15) is 39.5 Å². The Morgan fingerprint density at radius 2 is 2.12 bits per heavy atom. The molecule has 94 valence electrons. The first-order chi connectivity index (χ1) is 7.61. The van der Waals surface area contributed by atoms with Crippen LogP contribution in [0.4, 0.5) is 0 Å². The van der Waals surface area contributed by atoms with Gasteiger partial charge in [0, 0.05) is 12.7 Å². The molecule has 0 aliphatic heterocycles. The van der Waals surface area contributed by atoms with Gasteiger partial charge in [0.25, 0.3) is 0 Å². The number of hydrogen-bond acceptors (Lipinski definition) is 3. The number of hydrogen-bond donors (Lipinski definition) is 0. The normalized spacial score (nSPS) is 12.9. The summed E-state index contributed by atoms with van der Waals surface area (Å²) in [4.78, 5) is 11.2. The zero-order valence-corrected chi connectivity index (χ0v) is 12.2. The van der Waals surface area contributed by atoms with Gasteiger partial charge in [0.05, 0.1) is 6.61 Å². The number of ether oxygens (including phenoxy) is 1. The summed E-state index contributed by atoms with van der Waals surface area (Å²) in [5, 5.41) is 0. The van der Waals surface area contributed by atoms with Crippen LogP contribution in [0, 0.1) is 0 Å². The molecule has 0 aliphatic carbocycles. The fourth-order valence-corrected chi connectivity index (χ4v) is 2.74. The van der Waals surface area contributed by atoms with Crippen LogP contribution < -0.4 is 0 Å². The van der Waals surface area contributed by atoms with Crippen molar-refractivity contribution in [2.45, 2.75) is 45.1 Å². The maximum Gasteiger partial charge on any atom is 0.333 e. The lowest BCUT2D eigenvalue weighted by molar-refractivity contribution is -0.139. The van der Waals surface area contributed by atoms with Crippen LogP contribution in [0.3, 0.4) is 0 Å². The SMILES string of the molecule is C=C(C)C(=O)OCCC(CCCC)[SiH2]OC. The second-order valence-electron chi connectivity index (χ2n) is 4.17. The number of carbonyl (C=O) groups excluding carboxylic acids is 1. The molecule has 0 radical (unpaired) electrons. The molecule has 0 bridgehead atoms. The maximum absolute atomic E-state index is 11.2. The van der Waals surface area contributed by atoms with Gasteiger partial charge in [-0.05, 0) is 18.9 Å². The molecular formula is C12H24O3Si. The second-order valence-corrected chi connectivity index (χ2v) is 6.23. The maximum atomic E-state index is 11.2. The van der Waals surface area contributed by atoms with Crippen molar-refractivity contribution in [2.75, 3.05) is 13.7 Å². The summed E-state index contributed by atoms with van der Waals surface area (Å²) in [6.45, 7) is 7.90. The molecule has 0 saturated carbocycles. The number of unbranched alkanes of at least 4 members (excludes halogenated alkanes) is 1. The molecule has 0 rings (SSSR count). The monoisotopic (exact) mass is 244 g/mol. The van der Waals surface area contributed by atoms with Crippen LogP contribution in [0.15, 0.2) is 12.2 Å². The van der Waals surface area contributed by atoms with E-state index in [2.05, 4.69) is 13.5 Å². The molecule has 3 nitrogen and oxygen atoms in total. The summed E-state index contributed by atoms with van der Waals surface area (Å²) in [6.07, 6.45) is 4.57. The van der Waals surface area contributed by atoms with E-state index in [1.165, 1.54) is 19.3 Å². The lowest BCUT2D eigenvalue weighted by Gasteiger charge is -2.14. The third-order valence-corrected chi connectivity index (χ3v) is 4.10. The Kier molecular flexibility index (Phi) is 9.23. The van der Waals surface area contributed by atoms with Gasteiger partial charge >= 0.3 is 5.97 Å². The highest BCUT2D eigenvalue weighted by Gasteiger charge is 2.10. The van der Waals surface area contributed by atoms with E-state index in [4.69, 9.17) is 9.16 Å². The standard InChI is InChI=1S/C12H24O3Si/c1-5-6-7-11(16-14-4)8-9-15-12(13)10(2)3/h11H,2,5-9,16H2,1,3-4H3. The molecule has 0 fully saturated rings. The van der Waals surface area contributed by atoms with Crippen LogP contribution in [0.5, 0.6) is 0 Å². The zero-order chi connectivity index (χ0) is 12.4. The molecule has 16 heavy (non-hydrogen) atoms. The molecule has 0 aliphatic rings. The van der Waals surface area contributed by atoms with Gasteiger partial charge in [0.2, 0.25) is 0 Å². The molecule has 0 saturated heterocycles. The van der Waals surface area contributed by atoms with E-state index >= 15 is 0 Å². The third kappa shape index (κ3) is 7.65. The Morgan fingerprint density at radius 3 is 2.62 bits per heavy atom. The first-order valence-corrected chi connectivity index (χ1v) is 7.32. The van der Waals surface area contributed by atoms with Crippen molar-refractivity contribution in [3.63, 3.8) is 0 Å². The Morgan fingerprint density at radius 1 is 1.44 bits per heavy atom. The third-order valence-electron chi connectivity index (χ3n) is 2.48. The Labute approximate surface area is 101 Å². The van der Waals surface area contributed by atoms with Crippen molar-refractivity contribution in [3.8, 4) is 0 Å². The fourth-order valence-electron chi connectivity index (χ4n) is 1.48. The van der Waals surface area contributed by atoms with Crippen molar-refractivity contribution in [1.82, 2.24) is 0 Å². The molecule has 0 spiro atoms. The van der Waals surface area contributed by atoms with Crippen molar-refractivity contribution in [1.29, 1.82) is 0 Å². The van der Waals surface area contributed by atoms with E-state index in [9.17, 15) is 4.79 Å². The minimum atomic E-state index is -0.463. The van der Waals surface area contributed by atoms with E-state index in [-0.39, 0.29) is 5.97 Å². The van der Waals surface area contributed by atoms with Crippen LogP contribution >= 0.6 is 0 Å². The minimum Gasteiger partial charge on any atom is -0.462 e. The quantitative estimate of drug-likeness (QED) is 0.354. The molecular weight excluding hydrogens is 220 g/mol. The van der Waals surface area contributed by atoms with Crippen LogP contribution in [-0.2, 0) is 14.0 Å². The highest BCUT2D eigenvalue weighted by molar-refractivity contribution is 6.29. The summed E-state index contributed by atoms with van der Waals surface area (Å²) < 4.78 is 10.4. The van der Waals surface area contributed by atoms with E-state index in [1.54, 1.807) is 14.0 Å². The molecule has 1 unspecified atom stereocenters. The Balaban J connectivity index is 3.74. The highest BCUT2D eigenvalue weighted by Crippen LogP contribution is 2.18. The van der Waals surface area contributed by atoms with E-state index in [1.807, 2.05) is 0 Å². The minimum absolute atomic E-state index is 0.284. The van der Waals surface area contributed by atoms with E-state index in [0.29, 0.717) is 17.7 Å². The number of esters is 1. The molecule has 0 aromatic heterocycles. The summed E-state index contributed by atoms with van der Waals surface area (Å²) in [5.74, 6) is -0.284. The highest BCUT2D eigenvalue weighted by atomic mass is 28.2. The molecule has 0 heterocycles.